The number of aryl methyl sites for hydroxylation is 1. The van der Waals surface area contributed by atoms with Gasteiger partial charge in [0.25, 0.3) is 0 Å². The first-order chi connectivity index (χ1) is 10.8. The Bertz CT molecular complexity index is 549. The molecule has 0 bridgehead atoms. The second kappa shape index (κ2) is 7.45. The number of nitrogens with zero attached hydrogens (tertiary/aromatic N) is 3. The number of amides is 2. The highest BCUT2D eigenvalue weighted by atomic mass is 16.5. The Labute approximate surface area is 135 Å². The van der Waals surface area contributed by atoms with Gasteiger partial charge in [0.1, 0.15) is 0 Å². The molecule has 1 aromatic heterocycles. The van der Waals surface area contributed by atoms with E-state index < -0.39 is 11.9 Å². The molecule has 2 rings (SSSR count). The van der Waals surface area contributed by atoms with Crippen molar-refractivity contribution >= 4 is 12.0 Å². The van der Waals surface area contributed by atoms with Crippen molar-refractivity contribution < 1.29 is 19.4 Å². The molecule has 1 aliphatic heterocycles. The van der Waals surface area contributed by atoms with E-state index in [4.69, 9.17) is 4.74 Å². The highest BCUT2D eigenvalue weighted by Crippen LogP contribution is 2.11. The Balaban J connectivity index is 1.88. The standard InChI is InChI=1S/C15H24N4O4/c1-10-7-19(8-11(2)23-10)15(22)16-6-13(14(20)21)4-12-5-17-18(3)9-12/h5,9-11,13H,4,6-8H2,1-3H3,(H,16,22)(H,20,21)/t10-,11+,13?. The van der Waals surface area contributed by atoms with Crippen molar-refractivity contribution in [1.29, 1.82) is 0 Å². The van der Waals surface area contributed by atoms with Crippen LogP contribution in [0.4, 0.5) is 4.79 Å². The lowest BCUT2D eigenvalue weighted by molar-refractivity contribution is -0.141. The molecule has 1 aromatic rings. The van der Waals surface area contributed by atoms with Gasteiger partial charge in [-0.25, -0.2) is 4.79 Å². The summed E-state index contributed by atoms with van der Waals surface area (Å²) < 4.78 is 7.21. The summed E-state index contributed by atoms with van der Waals surface area (Å²) in [5.41, 5.74) is 0.836. The molecule has 1 fully saturated rings. The van der Waals surface area contributed by atoms with E-state index in [0.29, 0.717) is 19.5 Å². The number of morpholine rings is 1. The first kappa shape index (κ1) is 17.3. The highest BCUT2D eigenvalue weighted by molar-refractivity contribution is 5.76. The number of carboxylic acids is 1. The fourth-order valence-electron chi connectivity index (χ4n) is 2.77. The molecular formula is C15H24N4O4. The second-order valence-corrected chi connectivity index (χ2v) is 6.11. The van der Waals surface area contributed by atoms with Gasteiger partial charge < -0.3 is 20.1 Å². The van der Waals surface area contributed by atoms with Crippen LogP contribution in [0.1, 0.15) is 19.4 Å². The number of hydrogen-bond acceptors (Lipinski definition) is 4. The molecule has 0 spiro atoms. The number of urea groups is 1. The van der Waals surface area contributed by atoms with Crippen molar-refractivity contribution in [1.82, 2.24) is 20.0 Å². The lowest BCUT2D eigenvalue weighted by atomic mass is 10.0. The topological polar surface area (TPSA) is 96.7 Å². The van der Waals surface area contributed by atoms with E-state index in [1.807, 2.05) is 13.8 Å². The zero-order valence-corrected chi connectivity index (χ0v) is 13.7. The average Bonchev–Trinajstić information content (AvgIpc) is 2.87. The van der Waals surface area contributed by atoms with Gasteiger partial charge >= 0.3 is 12.0 Å². The Kier molecular flexibility index (Phi) is 5.59. The van der Waals surface area contributed by atoms with Crippen LogP contribution in [-0.4, -0.2) is 63.6 Å². The Morgan fingerprint density at radius 3 is 2.61 bits per heavy atom. The molecule has 0 aliphatic carbocycles. The number of aromatic nitrogens is 2. The normalized spacial score (nSPS) is 22.7. The number of carbonyl (C=O) groups excluding carboxylic acids is 1. The molecular weight excluding hydrogens is 300 g/mol. The third kappa shape index (κ3) is 4.95. The predicted octanol–water partition coefficient (Wildman–Crippen LogP) is 0.482. The maximum absolute atomic E-state index is 12.2. The van der Waals surface area contributed by atoms with Crippen LogP contribution in [0.15, 0.2) is 12.4 Å². The van der Waals surface area contributed by atoms with E-state index >= 15 is 0 Å². The van der Waals surface area contributed by atoms with E-state index in [2.05, 4.69) is 10.4 Å². The van der Waals surface area contributed by atoms with Gasteiger partial charge in [-0.1, -0.05) is 0 Å². The van der Waals surface area contributed by atoms with Crippen molar-refractivity contribution in [3.63, 3.8) is 0 Å². The first-order valence-corrected chi connectivity index (χ1v) is 7.73. The monoisotopic (exact) mass is 324 g/mol. The summed E-state index contributed by atoms with van der Waals surface area (Å²) in [6, 6.07) is -0.246. The third-order valence-corrected chi connectivity index (χ3v) is 3.80. The van der Waals surface area contributed by atoms with E-state index in [1.165, 1.54) is 0 Å². The molecule has 1 aliphatic rings. The number of rotatable bonds is 5. The Hall–Kier alpha value is -2.09. The molecule has 128 valence electrons. The minimum atomic E-state index is -0.933. The molecule has 0 aromatic carbocycles. The van der Waals surface area contributed by atoms with Gasteiger partial charge in [-0.3, -0.25) is 9.48 Å². The van der Waals surface area contributed by atoms with Crippen molar-refractivity contribution in [3.8, 4) is 0 Å². The van der Waals surface area contributed by atoms with Gasteiger partial charge in [0, 0.05) is 32.9 Å². The predicted molar refractivity (Wildman–Crippen MR) is 83.0 cm³/mol. The Morgan fingerprint density at radius 1 is 1.43 bits per heavy atom. The van der Waals surface area contributed by atoms with E-state index in [9.17, 15) is 14.7 Å². The first-order valence-electron chi connectivity index (χ1n) is 7.73. The van der Waals surface area contributed by atoms with E-state index in [0.717, 1.165) is 5.56 Å². The van der Waals surface area contributed by atoms with Gasteiger partial charge in [0.15, 0.2) is 0 Å². The van der Waals surface area contributed by atoms with E-state index in [1.54, 1.807) is 29.0 Å². The van der Waals surface area contributed by atoms with Crippen LogP contribution in [0, 0.1) is 5.92 Å². The minimum Gasteiger partial charge on any atom is -0.481 e. The molecule has 8 nitrogen and oxygen atoms in total. The number of carboxylic acid groups (broad SMARTS) is 1. The van der Waals surface area contributed by atoms with Crippen LogP contribution in [0.3, 0.4) is 0 Å². The second-order valence-electron chi connectivity index (χ2n) is 6.11. The van der Waals surface area contributed by atoms with Crippen LogP contribution in [0.5, 0.6) is 0 Å². The number of hydrogen-bond donors (Lipinski definition) is 2. The molecule has 2 N–H and O–H groups in total. The zero-order chi connectivity index (χ0) is 17.0. The summed E-state index contributed by atoms with van der Waals surface area (Å²) in [5, 5.41) is 16.1. The van der Waals surface area contributed by atoms with Crippen LogP contribution in [-0.2, 0) is 23.0 Å². The zero-order valence-electron chi connectivity index (χ0n) is 13.7. The fraction of sp³-hybridized carbons (Fsp3) is 0.667. The fourth-order valence-corrected chi connectivity index (χ4v) is 2.77. The summed E-state index contributed by atoms with van der Waals surface area (Å²) in [5.74, 6) is -1.61. The van der Waals surface area contributed by atoms with Gasteiger partial charge in [-0.15, -0.1) is 0 Å². The number of aliphatic carboxylic acids is 1. The van der Waals surface area contributed by atoms with Crippen molar-refractivity contribution in [3.05, 3.63) is 18.0 Å². The van der Waals surface area contributed by atoms with Crippen LogP contribution in [0.25, 0.3) is 0 Å². The minimum absolute atomic E-state index is 0.0184. The van der Waals surface area contributed by atoms with Gasteiger partial charge in [-0.05, 0) is 25.8 Å². The smallest absolute Gasteiger partial charge is 0.317 e. The third-order valence-electron chi connectivity index (χ3n) is 3.80. The molecule has 2 amide bonds. The largest absolute Gasteiger partial charge is 0.481 e. The lowest BCUT2D eigenvalue weighted by Crippen LogP contribution is -2.52. The molecule has 2 heterocycles. The van der Waals surface area contributed by atoms with Crippen LogP contribution >= 0.6 is 0 Å². The van der Waals surface area contributed by atoms with Crippen molar-refractivity contribution in [2.75, 3.05) is 19.6 Å². The SMILES string of the molecule is C[C@@H]1CN(C(=O)NCC(Cc2cnn(C)c2)C(=O)O)C[C@H](C)O1. The van der Waals surface area contributed by atoms with Crippen LogP contribution < -0.4 is 5.32 Å². The maximum Gasteiger partial charge on any atom is 0.317 e. The number of ether oxygens (including phenoxy) is 1. The number of nitrogens with one attached hydrogen (secondary N) is 1. The van der Waals surface area contributed by atoms with Gasteiger partial charge in [-0.2, -0.15) is 5.10 Å². The number of carbonyl (C=O) groups is 2. The summed E-state index contributed by atoms with van der Waals surface area (Å²) in [6.45, 7) is 4.94. The summed E-state index contributed by atoms with van der Waals surface area (Å²) >= 11 is 0. The van der Waals surface area contributed by atoms with Crippen LogP contribution in [0.2, 0.25) is 0 Å². The van der Waals surface area contributed by atoms with E-state index in [-0.39, 0.29) is 24.8 Å². The maximum atomic E-state index is 12.2. The van der Waals surface area contributed by atoms with Gasteiger partial charge in [0.05, 0.1) is 24.3 Å². The summed E-state index contributed by atoms with van der Waals surface area (Å²) in [6.07, 6.45) is 3.72. The molecule has 0 saturated carbocycles. The average molecular weight is 324 g/mol. The molecule has 8 heteroatoms. The molecule has 3 atom stereocenters. The van der Waals surface area contributed by atoms with Gasteiger partial charge in [0.2, 0.25) is 0 Å². The summed E-state index contributed by atoms with van der Waals surface area (Å²) in [4.78, 5) is 25.3. The van der Waals surface area contributed by atoms with Crippen molar-refractivity contribution in [2.24, 2.45) is 13.0 Å². The molecule has 1 saturated heterocycles. The molecule has 0 radical (unpaired) electrons. The summed E-state index contributed by atoms with van der Waals surface area (Å²) in [7, 11) is 1.78. The quantitative estimate of drug-likeness (QED) is 0.821. The molecule has 1 unspecified atom stereocenters. The lowest BCUT2D eigenvalue weighted by Gasteiger charge is -2.35. The van der Waals surface area contributed by atoms with Crippen molar-refractivity contribution in [2.45, 2.75) is 32.5 Å². The highest BCUT2D eigenvalue weighted by Gasteiger charge is 2.27. The molecule has 23 heavy (non-hydrogen) atoms. The Morgan fingerprint density at radius 2 is 2.09 bits per heavy atom.